The fraction of sp³-hybridized carbons (Fsp3) is 0.292. The third-order valence-electron chi connectivity index (χ3n) is 5.02. The van der Waals surface area contributed by atoms with Crippen LogP contribution in [0, 0.1) is 0 Å². The number of carbonyl (C=O) groups is 1. The first-order chi connectivity index (χ1) is 14.2. The van der Waals surface area contributed by atoms with E-state index in [1.165, 1.54) is 11.1 Å². The van der Waals surface area contributed by atoms with E-state index >= 15 is 0 Å². The second kappa shape index (κ2) is 9.82. The Morgan fingerprint density at radius 2 is 1.52 bits per heavy atom. The summed E-state index contributed by atoms with van der Waals surface area (Å²) in [5, 5.41) is 3.35. The molecule has 0 aliphatic heterocycles. The molecule has 1 N–H and O–H groups in total. The van der Waals surface area contributed by atoms with Gasteiger partial charge >= 0.3 is 0 Å². The van der Waals surface area contributed by atoms with E-state index in [-0.39, 0.29) is 5.91 Å². The molecular weight excluding hydrogens is 360 g/mol. The third-order valence-corrected chi connectivity index (χ3v) is 5.02. The zero-order chi connectivity index (χ0) is 20.6. The number of anilines is 2. The molecule has 0 spiro atoms. The van der Waals surface area contributed by atoms with Gasteiger partial charge in [0.25, 0.3) is 5.91 Å². The van der Waals surface area contributed by atoms with Gasteiger partial charge in [-0.15, -0.1) is 0 Å². The van der Waals surface area contributed by atoms with Gasteiger partial charge < -0.3 is 10.2 Å². The molecule has 0 atom stereocenters. The van der Waals surface area contributed by atoms with Gasteiger partial charge in [-0.2, -0.15) is 0 Å². The maximum atomic E-state index is 12.9. The first kappa shape index (κ1) is 20.5. The molecule has 0 saturated heterocycles. The Hall–Kier alpha value is -3.21. The van der Waals surface area contributed by atoms with Crippen LogP contribution in [0.3, 0.4) is 0 Å². The maximum Gasteiger partial charge on any atom is 0.257 e. The number of aryl methyl sites for hydroxylation is 2. The molecule has 3 aromatic rings. The highest BCUT2D eigenvalue weighted by Crippen LogP contribution is 2.25. The van der Waals surface area contributed by atoms with Gasteiger partial charge in [-0.25, -0.2) is 9.97 Å². The smallest absolute Gasteiger partial charge is 0.257 e. The predicted molar refractivity (Wildman–Crippen MR) is 117 cm³/mol. The van der Waals surface area contributed by atoms with E-state index in [0.29, 0.717) is 24.6 Å². The fourth-order valence-corrected chi connectivity index (χ4v) is 3.33. The number of amides is 1. The van der Waals surface area contributed by atoms with Crippen LogP contribution in [0.2, 0.25) is 0 Å². The van der Waals surface area contributed by atoms with Crippen LogP contribution in [0.4, 0.5) is 11.6 Å². The third kappa shape index (κ3) is 4.99. The molecule has 0 bridgehead atoms. The van der Waals surface area contributed by atoms with Crippen LogP contribution in [0.15, 0.2) is 60.9 Å². The Kier molecular flexibility index (Phi) is 6.95. The zero-order valence-electron chi connectivity index (χ0n) is 17.4. The first-order valence-corrected chi connectivity index (χ1v) is 10.2. The van der Waals surface area contributed by atoms with Gasteiger partial charge in [0.15, 0.2) is 0 Å². The minimum absolute atomic E-state index is 0.0638. The summed E-state index contributed by atoms with van der Waals surface area (Å²) in [7, 11) is 0. The monoisotopic (exact) mass is 388 g/mol. The molecule has 0 saturated carbocycles. The highest BCUT2D eigenvalue weighted by atomic mass is 16.2. The lowest BCUT2D eigenvalue weighted by molar-refractivity contribution is 0.0751. The van der Waals surface area contributed by atoms with Crippen molar-refractivity contribution < 1.29 is 4.79 Å². The number of carbonyl (C=O) groups excluding carboxylic acids is 1. The van der Waals surface area contributed by atoms with E-state index in [1.807, 2.05) is 37.3 Å². The van der Waals surface area contributed by atoms with E-state index in [9.17, 15) is 4.79 Å². The first-order valence-electron chi connectivity index (χ1n) is 10.2. The molecule has 29 heavy (non-hydrogen) atoms. The van der Waals surface area contributed by atoms with E-state index in [0.717, 1.165) is 24.1 Å². The second-order valence-corrected chi connectivity index (χ2v) is 6.88. The molecule has 0 aliphatic rings. The summed E-state index contributed by atoms with van der Waals surface area (Å²) in [5.74, 6) is 0.439. The normalized spacial score (nSPS) is 10.6. The van der Waals surface area contributed by atoms with Crippen LogP contribution in [0.1, 0.15) is 47.8 Å². The fourth-order valence-electron chi connectivity index (χ4n) is 3.33. The average molecular weight is 389 g/mol. The number of nitrogens with one attached hydrogen (secondary N) is 1. The minimum atomic E-state index is -0.0638. The molecule has 5 heteroatoms. The zero-order valence-corrected chi connectivity index (χ0v) is 17.4. The standard InChI is InChI=1S/C24H28N4O/c1-4-19-13-10-14-20(5-2)22(19)27-24-25-15-21(16-26-24)23(29)28(6-3)17-18-11-8-7-9-12-18/h7-16H,4-6,17H2,1-3H3,(H,25,26,27). The molecule has 5 nitrogen and oxygen atoms in total. The van der Waals surface area contributed by atoms with Crippen molar-refractivity contribution in [1.29, 1.82) is 0 Å². The van der Waals surface area contributed by atoms with Gasteiger partial charge in [-0.3, -0.25) is 4.79 Å². The Bertz CT molecular complexity index is 917. The van der Waals surface area contributed by atoms with Crippen LogP contribution in [0.5, 0.6) is 0 Å². The number of rotatable bonds is 8. The lowest BCUT2D eigenvalue weighted by Gasteiger charge is -2.21. The molecule has 0 radical (unpaired) electrons. The van der Waals surface area contributed by atoms with Gasteiger partial charge in [0.2, 0.25) is 5.95 Å². The van der Waals surface area contributed by atoms with Crippen molar-refractivity contribution in [2.75, 3.05) is 11.9 Å². The van der Waals surface area contributed by atoms with E-state index in [4.69, 9.17) is 0 Å². The lowest BCUT2D eigenvalue weighted by Crippen LogP contribution is -2.30. The quantitative estimate of drug-likeness (QED) is 0.589. The molecule has 0 unspecified atom stereocenters. The molecule has 0 aliphatic carbocycles. The number of aromatic nitrogens is 2. The Balaban J connectivity index is 1.75. The summed E-state index contributed by atoms with van der Waals surface area (Å²) in [6.45, 7) is 7.44. The summed E-state index contributed by atoms with van der Waals surface area (Å²) in [6, 6.07) is 16.3. The number of hydrogen-bond acceptors (Lipinski definition) is 4. The molecule has 3 rings (SSSR count). The van der Waals surface area contributed by atoms with Gasteiger partial charge in [0, 0.05) is 31.2 Å². The lowest BCUT2D eigenvalue weighted by atomic mass is 10.0. The minimum Gasteiger partial charge on any atom is -0.335 e. The summed E-state index contributed by atoms with van der Waals surface area (Å²) < 4.78 is 0. The average Bonchev–Trinajstić information content (AvgIpc) is 2.78. The molecule has 150 valence electrons. The van der Waals surface area contributed by atoms with Gasteiger partial charge in [-0.05, 0) is 36.5 Å². The van der Waals surface area contributed by atoms with Gasteiger partial charge in [0.05, 0.1) is 5.56 Å². The molecular formula is C24H28N4O. The maximum absolute atomic E-state index is 12.9. The van der Waals surface area contributed by atoms with E-state index in [2.05, 4.69) is 47.3 Å². The van der Waals surface area contributed by atoms with Crippen LogP contribution in [-0.4, -0.2) is 27.3 Å². The number of benzene rings is 2. The Morgan fingerprint density at radius 3 is 2.07 bits per heavy atom. The van der Waals surface area contributed by atoms with Crippen LogP contribution in [-0.2, 0) is 19.4 Å². The summed E-state index contributed by atoms with van der Waals surface area (Å²) >= 11 is 0. The molecule has 0 fully saturated rings. The summed E-state index contributed by atoms with van der Waals surface area (Å²) in [6.07, 6.45) is 5.06. The Labute approximate surface area is 172 Å². The molecule has 2 aromatic carbocycles. The van der Waals surface area contributed by atoms with Gasteiger partial charge in [-0.1, -0.05) is 62.4 Å². The number of nitrogens with zero attached hydrogens (tertiary/aromatic N) is 3. The van der Waals surface area contributed by atoms with Crippen molar-refractivity contribution in [3.63, 3.8) is 0 Å². The molecule has 1 aromatic heterocycles. The van der Waals surface area contributed by atoms with E-state index < -0.39 is 0 Å². The Morgan fingerprint density at radius 1 is 0.897 bits per heavy atom. The van der Waals surface area contributed by atoms with Crippen molar-refractivity contribution in [3.05, 3.63) is 83.2 Å². The summed E-state index contributed by atoms with van der Waals surface area (Å²) in [5.41, 5.74) is 5.12. The van der Waals surface area contributed by atoms with Crippen molar-refractivity contribution in [3.8, 4) is 0 Å². The highest BCUT2D eigenvalue weighted by Gasteiger charge is 2.16. The second-order valence-electron chi connectivity index (χ2n) is 6.88. The number of hydrogen-bond donors (Lipinski definition) is 1. The highest BCUT2D eigenvalue weighted by molar-refractivity contribution is 5.93. The number of para-hydroxylation sites is 1. The van der Waals surface area contributed by atoms with Crippen LogP contribution in [0.25, 0.3) is 0 Å². The van der Waals surface area contributed by atoms with Crippen LogP contribution < -0.4 is 5.32 Å². The van der Waals surface area contributed by atoms with Crippen molar-refractivity contribution in [1.82, 2.24) is 14.9 Å². The van der Waals surface area contributed by atoms with Crippen LogP contribution >= 0.6 is 0 Å². The van der Waals surface area contributed by atoms with Crippen molar-refractivity contribution in [2.24, 2.45) is 0 Å². The molecule has 1 amide bonds. The van der Waals surface area contributed by atoms with Crippen molar-refractivity contribution in [2.45, 2.75) is 40.2 Å². The topological polar surface area (TPSA) is 58.1 Å². The summed E-state index contributed by atoms with van der Waals surface area (Å²) in [4.78, 5) is 23.5. The van der Waals surface area contributed by atoms with E-state index in [1.54, 1.807) is 17.3 Å². The largest absolute Gasteiger partial charge is 0.335 e. The van der Waals surface area contributed by atoms with Gasteiger partial charge in [0.1, 0.15) is 0 Å². The van der Waals surface area contributed by atoms with Crippen molar-refractivity contribution >= 4 is 17.5 Å². The predicted octanol–water partition coefficient (Wildman–Crippen LogP) is 5.01. The SMILES string of the molecule is CCc1cccc(CC)c1Nc1ncc(C(=O)N(CC)Cc2ccccc2)cn1. The molecule has 1 heterocycles.